The first-order valence-corrected chi connectivity index (χ1v) is 6.36. The van der Waals surface area contributed by atoms with Crippen LogP contribution < -0.4 is 10.6 Å². The number of para-hydroxylation sites is 1. The summed E-state index contributed by atoms with van der Waals surface area (Å²) in [6, 6.07) is 4.99. The van der Waals surface area contributed by atoms with E-state index in [2.05, 4.69) is 10.6 Å². The highest BCUT2D eigenvalue weighted by molar-refractivity contribution is 5.93. The molecular formula is C13H18Cl2F3N3O. The molecule has 1 heterocycles. The molecule has 0 aliphatic carbocycles. The first-order chi connectivity index (χ1) is 9.47. The third-order valence-corrected chi connectivity index (χ3v) is 3.08. The second kappa shape index (κ2) is 9.19. The molecule has 126 valence electrons. The summed E-state index contributed by atoms with van der Waals surface area (Å²) in [5.41, 5.74) is -1.02. The van der Waals surface area contributed by atoms with E-state index < -0.39 is 17.6 Å². The molecule has 22 heavy (non-hydrogen) atoms. The van der Waals surface area contributed by atoms with Crippen molar-refractivity contribution in [3.05, 3.63) is 29.8 Å². The largest absolute Gasteiger partial charge is 0.418 e. The molecule has 0 unspecified atom stereocenters. The third kappa shape index (κ3) is 6.00. The minimum Gasteiger partial charge on any atom is -0.324 e. The molecule has 1 aliphatic heterocycles. The van der Waals surface area contributed by atoms with Gasteiger partial charge in [-0.2, -0.15) is 13.2 Å². The number of nitrogens with one attached hydrogen (secondary N) is 2. The fourth-order valence-electron chi connectivity index (χ4n) is 2.10. The number of amides is 1. The summed E-state index contributed by atoms with van der Waals surface area (Å²) in [5.74, 6) is -0.427. The van der Waals surface area contributed by atoms with Crippen LogP contribution in [0.2, 0.25) is 0 Å². The number of hydrogen-bond acceptors (Lipinski definition) is 3. The standard InChI is InChI=1S/C13H16F3N3O.2ClH/c14-13(15,16)10-3-1-2-4-11(10)18-12(20)9-19-7-5-17-6-8-19;;/h1-4,17H,5-9H2,(H,18,20);2*1H. The number of halogens is 5. The topological polar surface area (TPSA) is 44.4 Å². The summed E-state index contributed by atoms with van der Waals surface area (Å²) >= 11 is 0. The van der Waals surface area contributed by atoms with Gasteiger partial charge in [0.05, 0.1) is 17.8 Å². The van der Waals surface area contributed by atoms with Crippen LogP contribution >= 0.6 is 24.8 Å². The van der Waals surface area contributed by atoms with Crippen molar-refractivity contribution in [1.29, 1.82) is 0 Å². The maximum atomic E-state index is 12.8. The summed E-state index contributed by atoms with van der Waals surface area (Å²) < 4.78 is 38.4. The Labute approximate surface area is 139 Å². The summed E-state index contributed by atoms with van der Waals surface area (Å²) in [7, 11) is 0. The van der Waals surface area contributed by atoms with E-state index in [4.69, 9.17) is 0 Å². The second-order valence-electron chi connectivity index (χ2n) is 4.62. The van der Waals surface area contributed by atoms with E-state index in [-0.39, 0.29) is 37.0 Å². The average Bonchev–Trinajstić information content (AvgIpc) is 2.39. The van der Waals surface area contributed by atoms with Gasteiger partial charge in [-0.15, -0.1) is 24.8 Å². The Kier molecular flexibility index (Phi) is 8.77. The molecule has 2 N–H and O–H groups in total. The highest BCUT2D eigenvalue weighted by Crippen LogP contribution is 2.34. The van der Waals surface area contributed by atoms with Gasteiger partial charge in [0.15, 0.2) is 0 Å². The molecule has 9 heteroatoms. The first-order valence-electron chi connectivity index (χ1n) is 6.36. The monoisotopic (exact) mass is 359 g/mol. The minimum atomic E-state index is -4.47. The van der Waals surface area contributed by atoms with Crippen molar-refractivity contribution in [3.63, 3.8) is 0 Å². The molecule has 1 fully saturated rings. The van der Waals surface area contributed by atoms with E-state index in [1.807, 2.05) is 4.90 Å². The zero-order valence-electron chi connectivity index (χ0n) is 11.7. The molecule has 0 saturated carbocycles. The lowest BCUT2D eigenvalue weighted by molar-refractivity contribution is -0.137. The third-order valence-electron chi connectivity index (χ3n) is 3.08. The Balaban J connectivity index is 0.00000220. The van der Waals surface area contributed by atoms with Gasteiger partial charge in [0.2, 0.25) is 5.91 Å². The average molecular weight is 360 g/mol. The molecule has 0 aromatic heterocycles. The van der Waals surface area contributed by atoms with Gasteiger partial charge in [-0.3, -0.25) is 9.69 Å². The van der Waals surface area contributed by atoms with Crippen LogP contribution in [0.15, 0.2) is 24.3 Å². The number of rotatable bonds is 3. The molecule has 4 nitrogen and oxygen atoms in total. The zero-order chi connectivity index (χ0) is 14.6. The van der Waals surface area contributed by atoms with Gasteiger partial charge in [-0.05, 0) is 12.1 Å². The second-order valence-corrected chi connectivity index (χ2v) is 4.62. The van der Waals surface area contributed by atoms with Crippen LogP contribution in [0.5, 0.6) is 0 Å². The molecule has 0 radical (unpaired) electrons. The van der Waals surface area contributed by atoms with Gasteiger partial charge in [0.25, 0.3) is 0 Å². The number of carbonyl (C=O) groups is 1. The molecule has 0 atom stereocenters. The van der Waals surface area contributed by atoms with E-state index in [0.717, 1.165) is 19.2 Å². The van der Waals surface area contributed by atoms with Crippen molar-refractivity contribution in [2.75, 3.05) is 38.0 Å². The number of carbonyl (C=O) groups excluding carboxylic acids is 1. The lowest BCUT2D eigenvalue weighted by atomic mass is 10.1. The Morgan fingerprint density at radius 2 is 1.77 bits per heavy atom. The van der Waals surface area contributed by atoms with Crippen molar-refractivity contribution in [1.82, 2.24) is 10.2 Å². The van der Waals surface area contributed by atoms with Gasteiger partial charge < -0.3 is 10.6 Å². The van der Waals surface area contributed by atoms with Crippen LogP contribution in [0.1, 0.15) is 5.56 Å². The number of hydrogen-bond donors (Lipinski definition) is 2. The number of anilines is 1. The van der Waals surface area contributed by atoms with Crippen molar-refractivity contribution in [2.45, 2.75) is 6.18 Å². The Morgan fingerprint density at radius 3 is 2.36 bits per heavy atom. The molecule has 1 amide bonds. The minimum absolute atomic E-state index is 0. The predicted octanol–water partition coefficient (Wildman–Crippen LogP) is 2.39. The number of benzene rings is 1. The van der Waals surface area contributed by atoms with Crippen LogP contribution in [-0.4, -0.2) is 43.5 Å². The summed E-state index contributed by atoms with van der Waals surface area (Å²) in [4.78, 5) is 13.7. The maximum Gasteiger partial charge on any atom is 0.418 e. The van der Waals surface area contributed by atoms with Gasteiger partial charge in [0.1, 0.15) is 0 Å². The molecule has 0 bridgehead atoms. The zero-order valence-corrected chi connectivity index (χ0v) is 13.3. The number of alkyl halides is 3. The molecule has 1 saturated heterocycles. The fourth-order valence-corrected chi connectivity index (χ4v) is 2.10. The molecule has 1 aliphatic rings. The quantitative estimate of drug-likeness (QED) is 0.870. The lowest BCUT2D eigenvalue weighted by Crippen LogP contribution is -2.46. The molecule has 1 aromatic carbocycles. The fraction of sp³-hybridized carbons (Fsp3) is 0.462. The highest BCUT2D eigenvalue weighted by Gasteiger charge is 2.33. The van der Waals surface area contributed by atoms with Crippen LogP contribution in [0.3, 0.4) is 0 Å². The first kappa shape index (κ1) is 21.0. The Morgan fingerprint density at radius 1 is 1.18 bits per heavy atom. The van der Waals surface area contributed by atoms with E-state index >= 15 is 0 Å². The van der Waals surface area contributed by atoms with Crippen molar-refractivity contribution < 1.29 is 18.0 Å². The molecule has 2 rings (SSSR count). The summed E-state index contributed by atoms with van der Waals surface area (Å²) in [5, 5.41) is 5.49. The van der Waals surface area contributed by atoms with Crippen molar-refractivity contribution in [3.8, 4) is 0 Å². The van der Waals surface area contributed by atoms with Gasteiger partial charge in [-0.1, -0.05) is 12.1 Å². The van der Waals surface area contributed by atoms with Crippen LogP contribution in [-0.2, 0) is 11.0 Å². The molecular weight excluding hydrogens is 342 g/mol. The van der Waals surface area contributed by atoms with Crippen LogP contribution in [0, 0.1) is 0 Å². The van der Waals surface area contributed by atoms with Gasteiger partial charge in [0, 0.05) is 26.2 Å². The SMILES string of the molecule is Cl.Cl.O=C(CN1CCNCC1)Nc1ccccc1C(F)(F)F. The normalized spacial score (nSPS) is 15.4. The smallest absolute Gasteiger partial charge is 0.324 e. The van der Waals surface area contributed by atoms with E-state index in [1.54, 1.807) is 0 Å². The van der Waals surface area contributed by atoms with Crippen LogP contribution in [0.4, 0.5) is 18.9 Å². The summed E-state index contributed by atoms with van der Waals surface area (Å²) in [6.45, 7) is 3.11. The molecule has 0 spiro atoms. The van der Waals surface area contributed by atoms with Gasteiger partial charge in [-0.25, -0.2) is 0 Å². The van der Waals surface area contributed by atoms with Crippen molar-refractivity contribution >= 4 is 36.4 Å². The Bertz CT molecular complexity index is 480. The van der Waals surface area contributed by atoms with Crippen molar-refractivity contribution in [2.24, 2.45) is 0 Å². The maximum absolute atomic E-state index is 12.8. The highest BCUT2D eigenvalue weighted by atomic mass is 35.5. The van der Waals surface area contributed by atoms with E-state index in [9.17, 15) is 18.0 Å². The lowest BCUT2D eigenvalue weighted by Gasteiger charge is -2.26. The summed E-state index contributed by atoms with van der Waals surface area (Å²) in [6.07, 6.45) is -4.47. The predicted molar refractivity (Wildman–Crippen MR) is 83.9 cm³/mol. The van der Waals surface area contributed by atoms with E-state index in [0.29, 0.717) is 13.1 Å². The van der Waals surface area contributed by atoms with E-state index in [1.165, 1.54) is 18.2 Å². The number of nitrogens with zero attached hydrogens (tertiary/aromatic N) is 1. The number of piperazine rings is 1. The molecule has 1 aromatic rings. The Hall–Kier alpha value is -1.02. The van der Waals surface area contributed by atoms with Crippen LogP contribution in [0.25, 0.3) is 0 Å². The van der Waals surface area contributed by atoms with Gasteiger partial charge >= 0.3 is 6.18 Å².